The average Bonchev–Trinajstić information content (AvgIpc) is 2.90. The summed E-state index contributed by atoms with van der Waals surface area (Å²) in [7, 11) is 0. The van der Waals surface area contributed by atoms with Crippen molar-refractivity contribution < 1.29 is 9.18 Å². The van der Waals surface area contributed by atoms with Gasteiger partial charge in [-0.1, -0.05) is 26.0 Å². The van der Waals surface area contributed by atoms with Crippen LogP contribution in [0.4, 0.5) is 4.39 Å². The fraction of sp³-hybridized carbons (Fsp3) is 0.389. The Kier molecular flexibility index (Phi) is 4.37. The lowest BCUT2D eigenvalue weighted by Gasteiger charge is -2.15. The second-order valence-electron chi connectivity index (χ2n) is 6.41. The highest BCUT2D eigenvalue weighted by atomic mass is 19.1. The monoisotopic (exact) mass is 313 g/mol. The highest BCUT2D eigenvalue weighted by Gasteiger charge is 2.25. The summed E-state index contributed by atoms with van der Waals surface area (Å²) in [6.07, 6.45) is 2.87. The molecule has 0 bridgehead atoms. The van der Waals surface area contributed by atoms with E-state index in [2.05, 4.69) is 23.8 Å². The molecule has 1 amide bonds. The molecular weight excluding hydrogens is 293 g/mol. The zero-order chi connectivity index (χ0) is 16.4. The smallest absolute Gasteiger partial charge is 0.227 e. The van der Waals surface area contributed by atoms with Crippen molar-refractivity contribution in [2.24, 2.45) is 5.92 Å². The van der Waals surface area contributed by atoms with E-state index in [1.54, 1.807) is 17.0 Å². The van der Waals surface area contributed by atoms with Crippen LogP contribution in [0.1, 0.15) is 36.5 Å². The van der Waals surface area contributed by atoms with Crippen LogP contribution in [0.2, 0.25) is 0 Å². The molecule has 120 valence electrons. The minimum Gasteiger partial charge on any atom is -0.332 e. The standard InChI is InChI=1S/C18H20FN3O/c1-12(2)6-17-20-9-14-10-22(11-16(14)21-17)18(23)8-13-4-3-5-15(19)7-13/h3-5,7,9,12H,6,8,10-11H2,1-2H3. The lowest BCUT2D eigenvalue weighted by molar-refractivity contribution is -0.131. The van der Waals surface area contributed by atoms with E-state index in [4.69, 9.17) is 0 Å². The molecule has 1 aromatic carbocycles. The number of halogens is 1. The van der Waals surface area contributed by atoms with Gasteiger partial charge in [0.25, 0.3) is 0 Å². The van der Waals surface area contributed by atoms with Gasteiger partial charge in [-0.15, -0.1) is 0 Å². The maximum absolute atomic E-state index is 13.2. The first-order valence-corrected chi connectivity index (χ1v) is 7.87. The third kappa shape index (κ3) is 3.73. The lowest BCUT2D eigenvalue weighted by atomic mass is 10.1. The van der Waals surface area contributed by atoms with Gasteiger partial charge in [0.1, 0.15) is 11.6 Å². The molecule has 0 saturated heterocycles. The van der Waals surface area contributed by atoms with Crippen molar-refractivity contribution in [2.75, 3.05) is 0 Å². The molecule has 1 aliphatic rings. The number of carbonyl (C=O) groups is 1. The van der Waals surface area contributed by atoms with Crippen LogP contribution in [-0.2, 0) is 30.7 Å². The molecule has 0 saturated carbocycles. The molecule has 0 radical (unpaired) electrons. The molecule has 0 N–H and O–H groups in total. The molecule has 4 nitrogen and oxygen atoms in total. The van der Waals surface area contributed by atoms with E-state index in [0.717, 1.165) is 23.5 Å². The van der Waals surface area contributed by atoms with Crippen molar-refractivity contribution in [3.63, 3.8) is 0 Å². The molecule has 2 heterocycles. The van der Waals surface area contributed by atoms with Crippen LogP contribution in [-0.4, -0.2) is 20.8 Å². The number of hydrogen-bond donors (Lipinski definition) is 0. The first kappa shape index (κ1) is 15.6. The largest absolute Gasteiger partial charge is 0.332 e. The molecule has 0 unspecified atom stereocenters. The van der Waals surface area contributed by atoms with Crippen LogP contribution in [0.5, 0.6) is 0 Å². The fourth-order valence-electron chi connectivity index (χ4n) is 2.77. The van der Waals surface area contributed by atoms with Crippen LogP contribution in [0, 0.1) is 11.7 Å². The summed E-state index contributed by atoms with van der Waals surface area (Å²) >= 11 is 0. The van der Waals surface area contributed by atoms with Gasteiger partial charge in [0.15, 0.2) is 0 Å². The average molecular weight is 313 g/mol. The maximum Gasteiger partial charge on any atom is 0.227 e. The Bertz CT molecular complexity index is 730. The van der Waals surface area contributed by atoms with Crippen LogP contribution in [0.3, 0.4) is 0 Å². The van der Waals surface area contributed by atoms with Crippen LogP contribution >= 0.6 is 0 Å². The maximum atomic E-state index is 13.2. The van der Waals surface area contributed by atoms with Gasteiger partial charge in [-0.25, -0.2) is 14.4 Å². The van der Waals surface area contributed by atoms with Crippen molar-refractivity contribution in [3.8, 4) is 0 Å². The SMILES string of the molecule is CC(C)Cc1ncc2c(n1)CN(C(=O)Cc1cccc(F)c1)C2. The molecule has 0 fully saturated rings. The normalized spacial score (nSPS) is 13.5. The molecule has 2 aromatic rings. The highest BCUT2D eigenvalue weighted by molar-refractivity contribution is 5.79. The van der Waals surface area contributed by atoms with Gasteiger partial charge in [0.05, 0.1) is 18.7 Å². The van der Waals surface area contributed by atoms with E-state index in [1.807, 2.05) is 6.20 Å². The summed E-state index contributed by atoms with van der Waals surface area (Å²) in [4.78, 5) is 23.1. The van der Waals surface area contributed by atoms with Gasteiger partial charge in [-0.2, -0.15) is 0 Å². The Labute approximate surface area is 135 Å². The van der Waals surface area contributed by atoms with Crippen molar-refractivity contribution >= 4 is 5.91 Å². The number of nitrogens with zero attached hydrogens (tertiary/aromatic N) is 3. The minimum absolute atomic E-state index is 0.0148. The zero-order valence-corrected chi connectivity index (χ0v) is 13.4. The first-order chi connectivity index (χ1) is 11.0. The van der Waals surface area contributed by atoms with Crippen molar-refractivity contribution in [2.45, 2.75) is 39.8 Å². The van der Waals surface area contributed by atoms with Gasteiger partial charge in [0, 0.05) is 24.7 Å². The van der Waals surface area contributed by atoms with Gasteiger partial charge < -0.3 is 4.90 Å². The second kappa shape index (κ2) is 6.44. The molecular formula is C18H20FN3O. The van der Waals surface area contributed by atoms with Gasteiger partial charge >= 0.3 is 0 Å². The summed E-state index contributed by atoms with van der Waals surface area (Å²) in [6, 6.07) is 6.18. The van der Waals surface area contributed by atoms with E-state index in [0.29, 0.717) is 24.6 Å². The number of benzene rings is 1. The van der Waals surface area contributed by atoms with E-state index < -0.39 is 0 Å². The Morgan fingerprint density at radius 2 is 2.17 bits per heavy atom. The van der Waals surface area contributed by atoms with E-state index in [9.17, 15) is 9.18 Å². The summed E-state index contributed by atoms with van der Waals surface area (Å²) in [5, 5.41) is 0. The number of amides is 1. The molecule has 1 aliphatic heterocycles. The fourth-order valence-corrected chi connectivity index (χ4v) is 2.77. The van der Waals surface area contributed by atoms with Crippen LogP contribution in [0.15, 0.2) is 30.5 Å². The second-order valence-corrected chi connectivity index (χ2v) is 6.41. The highest BCUT2D eigenvalue weighted by Crippen LogP contribution is 2.22. The number of hydrogen-bond acceptors (Lipinski definition) is 3. The third-order valence-electron chi connectivity index (χ3n) is 3.89. The van der Waals surface area contributed by atoms with Crippen molar-refractivity contribution in [1.29, 1.82) is 0 Å². The number of carbonyl (C=O) groups excluding carboxylic acids is 1. The van der Waals surface area contributed by atoms with E-state index in [1.165, 1.54) is 12.1 Å². The van der Waals surface area contributed by atoms with Crippen molar-refractivity contribution in [1.82, 2.24) is 14.9 Å². The van der Waals surface area contributed by atoms with Crippen LogP contribution in [0.25, 0.3) is 0 Å². The molecule has 0 atom stereocenters. The van der Waals surface area contributed by atoms with E-state index >= 15 is 0 Å². The summed E-state index contributed by atoms with van der Waals surface area (Å²) < 4.78 is 13.2. The van der Waals surface area contributed by atoms with Crippen molar-refractivity contribution in [3.05, 3.63) is 58.9 Å². The topological polar surface area (TPSA) is 46.1 Å². The quantitative estimate of drug-likeness (QED) is 0.872. The summed E-state index contributed by atoms with van der Waals surface area (Å²) in [6.45, 7) is 5.30. The molecule has 0 aliphatic carbocycles. The minimum atomic E-state index is -0.316. The van der Waals surface area contributed by atoms with Crippen LogP contribution < -0.4 is 0 Å². The molecule has 23 heavy (non-hydrogen) atoms. The Balaban J connectivity index is 1.68. The predicted molar refractivity (Wildman–Crippen MR) is 84.9 cm³/mol. The Hall–Kier alpha value is -2.30. The molecule has 3 rings (SSSR count). The number of rotatable bonds is 4. The number of fused-ring (bicyclic) bond motifs is 1. The Morgan fingerprint density at radius 1 is 1.35 bits per heavy atom. The zero-order valence-electron chi connectivity index (χ0n) is 13.4. The predicted octanol–water partition coefficient (Wildman–Crippen LogP) is 2.90. The first-order valence-electron chi connectivity index (χ1n) is 7.87. The number of aromatic nitrogens is 2. The molecule has 0 spiro atoms. The molecule has 5 heteroatoms. The third-order valence-corrected chi connectivity index (χ3v) is 3.89. The summed E-state index contributed by atoms with van der Waals surface area (Å²) in [5.74, 6) is 1.00. The lowest BCUT2D eigenvalue weighted by Crippen LogP contribution is -2.27. The van der Waals surface area contributed by atoms with Gasteiger partial charge in [-0.05, 0) is 23.6 Å². The molecule has 1 aromatic heterocycles. The van der Waals surface area contributed by atoms with Gasteiger partial charge in [-0.3, -0.25) is 4.79 Å². The summed E-state index contributed by atoms with van der Waals surface area (Å²) in [5.41, 5.74) is 2.63. The van der Waals surface area contributed by atoms with E-state index in [-0.39, 0.29) is 18.1 Å². The van der Waals surface area contributed by atoms with Gasteiger partial charge in [0.2, 0.25) is 5.91 Å². The Morgan fingerprint density at radius 3 is 2.91 bits per heavy atom.